The molecule has 2 N–H and O–H groups in total. The van der Waals surface area contributed by atoms with Crippen LogP contribution in [-0.2, 0) is 6.54 Å². The molecule has 2 aromatic heterocycles. The van der Waals surface area contributed by atoms with E-state index >= 15 is 0 Å². The summed E-state index contributed by atoms with van der Waals surface area (Å²) in [6.45, 7) is 8.98. The molecule has 0 aliphatic carbocycles. The molecule has 132 valence electrons. The Morgan fingerprint density at radius 2 is 2.16 bits per heavy atom. The molecule has 0 aliphatic rings. The highest BCUT2D eigenvalue weighted by Gasteiger charge is 2.26. The van der Waals surface area contributed by atoms with Gasteiger partial charge in [-0.15, -0.1) is 11.3 Å². The summed E-state index contributed by atoms with van der Waals surface area (Å²) >= 11 is 1.65. The van der Waals surface area contributed by atoms with E-state index in [1.165, 1.54) is 0 Å². The number of thiazole rings is 1. The van der Waals surface area contributed by atoms with Crippen molar-refractivity contribution in [2.45, 2.75) is 40.3 Å². The Hall–Kier alpha value is -2.41. The van der Waals surface area contributed by atoms with Crippen LogP contribution in [0.15, 0.2) is 36.9 Å². The molecule has 0 bridgehead atoms. The van der Waals surface area contributed by atoms with E-state index < -0.39 is 0 Å². The van der Waals surface area contributed by atoms with Crippen LogP contribution in [0.25, 0.3) is 10.2 Å². The number of rotatable bonds is 4. The number of anilines is 1. The van der Waals surface area contributed by atoms with E-state index in [0.717, 1.165) is 20.9 Å². The Morgan fingerprint density at radius 1 is 1.36 bits per heavy atom. The Kier molecular flexibility index (Phi) is 4.76. The van der Waals surface area contributed by atoms with Crippen molar-refractivity contribution in [1.29, 1.82) is 0 Å². The minimum atomic E-state index is -0.216. The zero-order valence-electron chi connectivity index (χ0n) is 14.9. The van der Waals surface area contributed by atoms with Gasteiger partial charge in [-0.05, 0) is 30.5 Å². The standard InChI is InChI=1S/C18H23N5OS/c1-12-20-14-9-13(5-6-15(14)25-12)21-17(24)22-16(18(2,3)4)10-23-8-7-19-11-23/h5-9,11,16H,10H2,1-4H3,(H2,21,22,24)/t16-/m0/s1. The number of carbonyl (C=O) groups excluding carboxylic acids is 1. The number of hydrogen-bond donors (Lipinski definition) is 2. The van der Waals surface area contributed by atoms with E-state index in [2.05, 4.69) is 41.4 Å². The third kappa shape index (κ3) is 4.36. The molecule has 1 aromatic carbocycles. The summed E-state index contributed by atoms with van der Waals surface area (Å²) in [4.78, 5) is 21.0. The molecule has 0 saturated carbocycles. The van der Waals surface area contributed by atoms with Crippen molar-refractivity contribution in [3.8, 4) is 0 Å². The summed E-state index contributed by atoms with van der Waals surface area (Å²) in [6, 6.07) is 5.54. The highest BCUT2D eigenvalue weighted by Crippen LogP contribution is 2.25. The zero-order chi connectivity index (χ0) is 18.0. The molecule has 3 aromatic rings. The smallest absolute Gasteiger partial charge is 0.319 e. The fraction of sp³-hybridized carbons (Fsp3) is 0.389. The van der Waals surface area contributed by atoms with Crippen LogP contribution < -0.4 is 10.6 Å². The van der Waals surface area contributed by atoms with Gasteiger partial charge < -0.3 is 15.2 Å². The van der Waals surface area contributed by atoms with E-state index in [1.54, 1.807) is 23.9 Å². The molecule has 7 heteroatoms. The molecule has 0 fully saturated rings. The van der Waals surface area contributed by atoms with Crippen LogP contribution in [0.2, 0.25) is 0 Å². The second-order valence-corrected chi connectivity index (χ2v) is 8.43. The van der Waals surface area contributed by atoms with Crippen LogP contribution in [0, 0.1) is 12.3 Å². The van der Waals surface area contributed by atoms with Gasteiger partial charge in [0.1, 0.15) is 0 Å². The highest BCUT2D eigenvalue weighted by molar-refractivity contribution is 7.18. The number of nitrogens with one attached hydrogen (secondary N) is 2. The molecule has 0 radical (unpaired) electrons. The summed E-state index contributed by atoms with van der Waals surface area (Å²) in [5, 5.41) is 7.01. The molecular weight excluding hydrogens is 334 g/mol. The summed E-state index contributed by atoms with van der Waals surface area (Å²) in [5.74, 6) is 0. The highest BCUT2D eigenvalue weighted by atomic mass is 32.1. The predicted molar refractivity (Wildman–Crippen MR) is 102 cm³/mol. The van der Waals surface area contributed by atoms with E-state index in [1.807, 2.05) is 35.9 Å². The van der Waals surface area contributed by atoms with E-state index in [4.69, 9.17) is 0 Å². The van der Waals surface area contributed by atoms with Gasteiger partial charge in [0.05, 0.1) is 27.6 Å². The first-order valence-electron chi connectivity index (χ1n) is 8.22. The number of benzene rings is 1. The lowest BCUT2D eigenvalue weighted by Crippen LogP contribution is -2.47. The van der Waals surface area contributed by atoms with Crippen molar-refractivity contribution < 1.29 is 4.79 Å². The van der Waals surface area contributed by atoms with E-state index in [0.29, 0.717) is 6.54 Å². The van der Waals surface area contributed by atoms with Crippen molar-refractivity contribution in [2.24, 2.45) is 5.41 Å². The Labute approximate surface area is 151 Å². The topological polar surface area (TPSA) is 71.8 Å². The minimum absolute atomic E-state index is 0.0352. The molecule has 3 rings (SSSR count). The largest absolute Gasteiger partial charge is 0.335 e. The molecule has 0 spiro atoms. The molecule has 2 heterocycles. The van der Waals surface area contributed by atoms with Crippen LogP contribution in [0.3, 0.4) is 0 Å². The van der Waals surface area contributed by atoms with E-state index in [9.17, 15) is 4.79 Å². The maximum absolute atomic E-state index is 12.5. The lowest BCUT2D eigenvalue weighted by Gasteiger charge is -2.31. The SMILES string of the molecule is Cc1nc2cc(NC(=O)N[C@@H](Cn3ccnc3)C(C)(C)C)ccc2s1. The molecule has 0 unspecified atom stereocenters. The fourth-order valence-corrected chi connectivity index (χ4v) is 3.39. The first kappa shape index (κ1) is 17.4. The summed E-state index contributed by atoms with van der Waals surface area (Å²) < 4.78 is 3.09. The number of aryl methyl sites for hydroxylation is 1. The molecule has 0 aliphatic heterocycles. The molecule has 6 nitrogen and oxygen atoms in total. The number of nitrogens with zero attached hydrogens (tertiary/aromatic N) is 3. The Morgan fingerprint density at radius 3 is 2.84 bits per heavy atom. The van der Waals surface area contributed by atoms with Gasteiger partial charge in [-0.3, -0.25) is 0 Å². The van der Waals surface area contributed by atoms with Crippen LogP contribution in [0.1, 0.15) is 25.8 Å². The molecular formula is C18H23N5OS. The molecule has 2 amide bonds. The Balaban J connectivity index is 1.69. The lowest BCUT2D eigenvalue weighted by molar-refractivity contribution is 0.219. The number of aromatic nitrogens is 3. The average Bonchev–Trinajstić information content (AvgIpc) is 3.13. The van der Waals surface area contributed by atoms with Crippen LogP contribution in [0.4, 0.5) is 10.5 Å². The fourth-order valence-electron chi connectivity index (χ4n) is 2.59. The molecule has 25 heavy (non-hydrogen) atoms. The number of urea groups is 1. The summed E-state index contributed by atoms with van der Waals surface area (Å²) in [7, 11) is 0. The van der Waals surface area contributed by atoms with Gasteiger partial charge in [0.2, 0.25) is 0 Å². The van der Waals surface area contributed by atoms with Gasteiger partial charge in [0.15, 0.2) is 0 Å². The first-order valence-corrected chi connectivity index (χ1v) is 9.03. The lowest BCUT2D eigenvalue weighted by atomic mass is 9.86. The normalized spacial score (nSPS) is 13.0. The van der Waals surface area contributed by atoms with Crippen molar-refractivity contribution in [3.05, 3.63) is 41.9 Å². The summed E-state index contributed by atoms with van der Waals surface area (Å²) in [6.07, 6.45) is 5.40. The second kappa shape index (κ2) is 6.84. The van der Waals surface area contributed by atoms with Crippen molar-refractivity contribution >= 4 is 33.3 Å². The van der Waals surface area contributed by atoms with Gasteiger partial charge in [0, 0.05) is 24.6 Å². The number of fused-ring (bicyclic) bond motifs is 1. The zero-order valence-corrected chi connectivity index (χ0v) is 15.7. The van der Waals surface area contributed by atoms with Crippen molar-refractivity contribution in [1.82, 2.24) is 19.9 Å². The minimum Gasteiger partial charge on any atom is -0.335 e. The van der Waals surface area contributed by atoms with Gasteiger partial charge >= 0.3 is 6.03 Å². The third-order valence-corrected chi connectivity index (χ3v) is 5.01. The van der Waals surface area contributed by atoms with Crippen molar-refractivity contribution in [2.75, 3.05) is 5.32 Å². The Bertz CT molecular complexity index is 863. The van der Waals surface area contributed by atoms with Crippen molar-refractivity contribution in [3.63, 3.8) is 0 Å². The number of carbonyl (C=O) groups is 1. The maximum Gasteiger partial charge on any atom is 0.319 e. The van der Waals surface area contributed by atoms with Gasteiger partial charge in [0.25, 0.3) is 0 Å². The van der Waals surface area contributed by atoms with Gasteiger partial charge in [-0.25, -0.2) is 14.8 Å². The van der Waals surface area contributed by atoms with Gasteiger partial charge in [-0.2, -0.15) is 0 Å². The van der Waals surface area contributed by atoms with E-state index in [-0.39, 0.29) is 17.5 Å². The van der Waals surface area contributed by atoms with Crippen LogP contribution >= 0.6 is 11.3 Å². The molecule has 1 atom stereocenters. The number of amides is 2. The first-order chi connectivity index (χ1) is 11.8. The average molecular weight is 357 g/mol. The monoisotopic (exact) mass is 357 g/mol. The summed E-state index contributed by atoms with van der Waals surface area (Å²) in [5.41, 5.74) is 1.56. The number of imidazole rings is 1. The molecule has 0 saturated heterocycles. The van der Waals surface area contributed by atoms with Gasteiger partial charge in [-0.1, -0.05) is 20.8 Å². The third-order valence-electron chi connectivity index (χ3n) is 4.06. The maximum atomic E-state index is 12.5. The number of hydrogen-bond acceptors (Lipinski definition) is 4. The van der Waals surface area contributed by atoms with Crippen LogP contribution in [-0.4, -0.2) is 26.6 Å². The van der Waals surface area contributed by atoms with Crippen LogP contribution in [0.5, 0.6) is 0 Å². The second-order valence-electron chi connectivity index (χ2n) is 7.19. The quantitative estimate of drug-likeness (QED) is 0.740. The predicted octanol–water partition coefficient (Wildman–Crippen LogP) is 4.04.